The van der Waals surface area contributed by atoms with Crippen molar-refractivity contribution in [1.82, 2.24) is 14.6 Å². The number of amides is 3. The number of sulfonamides is 1. The predicted octanol–water partition coefficient (Wildman–Crippen LogP) is 1.88. The number of carbonyl (C=O) groups is 3. The fourth-order valence-corrected chi connectivity index (χ4v) is 5.48. The molecular formula is C23H24N4O5S. The van der Waals surface area contributed by atoms with E-state index in [9.17, 15) is 22.8 Å². The molecule has 1 N–H and O–H groups in total. The third kappa shape index (κ3) is 4.57. The van der Waals surface area contributed by atoms with Crippen LogP contribution in [0.5, 0.6) is 0 Å². The lowest BCUT2D eigenvalue weighted by atomic mass is 9.98. The molecule has 33 heavy (non-hydrogen) atoms. The molecule has 0 spiro atoms. The van der Waals surface area contributed by atoms with Gasteiger partial charge in [-0.2, -0.15) is 9.41 Å². The van der Waals surface area contributed by atoms with E-state index in [4.69, 9.17) is 0 Å². The second-order valence-electron chi connectivity index (χ2n) is 8.06. The minimum Gasteiger partial charge on any atom is -0.273 e. The zero-order valence-corrected chi connectivity index (χ0v) is 18.9. The number of carbonyl (C=O) groups excluding carboxylic acids is 3. The maximum atomic E-state index is 12.7. The Morgan fingerprint density at radius 1 is 0.970 bits per heavy atom. The summed E-state index contributed by atoms with van der Waals surface area (Å²) in [6.07, 6.45) is 0.760. The Morgan fingerprint density at radius 2 is 1.52 bits per heavy atom. The molecule has 2 aliphatic heterocycles. The molecule has 0 bridgehead atoms. The van der Waals surface area contributed by atoms with Crippen LogP contribution in [-0.4, -0.2) is 60.7 Å². The summed E-state index contributed by atoms with van der Waals surface area (Å²) in [6, 6.07) is 14.8. The van der Waals surface area contributed by atoms with Gasteiger partial charge in [0.1, 0.15) is 0 Å². The Hall–Kier alpha value is -3.37. The highest BCUT2D eigenvalue weighted by Crippen LogP contribution is 2.24. The van der Waals surface area contributed by atoms with Crippen molar-refractivity contribution in [2.45, 2.75) is 24.7 Å². The summed E-state index contributed by atoms with van der Waals surface area (Å²) < 4.78 is 26.8. The van der Waals surface area contributed by atoms with E-state index in [1.165, 1.54) is 4.31 Å². The van der Waals surface area contributed by atoms with E-state index in [1.54, 1.807) is 61.5 Å². The molecule has 2 aromatic rings. The maximum absolute atomic E-state index is 12.7. The van der Waals surface area contributed by atoms with Crippen molar-refractivity contribution in [2.24, 2.45) is 11.0 Å². The molecule has 1 saturated heterocycles. The molecule has 172 valence electrons. The zero-order chi connectivity index (χ0) is 23.6. The highest BCUT2D eigenvalue weighted by Gasteiger charge is 2.35. The molecule has 0 aliphatic carbocycles. The molecule has 0 unspecified atom stereocenters. The lowest BCUT2D eigenvalue weighted by Crippen LogP contribution is -2.42. The Bertz CT molecular complexity index is 1180. The van der Waals surface area contributed by atoms with Crippen LogP contribution in [0.1, 0.15) is 40.5 Å². The van der Waals surface area contributed by atoms with Crippen LogP contribution in [0.2, 0.25) is 0 Å². The Kier molecular flexibility index (Phi) is 6.39. The summed E-state index contributed by atoms with van der Waals surface area (Å²) in [4.78, 5) is 38.8. The molecule has 0 atom stereocenters. The van der Waals surface area contributed by atoms with Crippen molar-refractivity contribution in [2.75, 3.05) is 19.6 Å². The number of piperidine rings is 1. The summed E-state index contributed by atoms with van der Waals surface area (Å²) in [5, 5.41) is 4.05. The third-order valence-corrected chi connectivity index (χ3v) is 7.74. The smallest absolute Gasteiger partial charge is 0.261 e. The molecule has 2 aromatic carbocycles. The second kappa shape index (κ2) is 9.24. The predicted molar refractivity (Wildman–Crippen MR) is 121 cm³/mol. The van der Waals surface area contributed by atoms with Crippen LogP contribution in [0.25, 0.3) is 0 Å². The maximum Gasteiger partial charge on any atom is 0.261 e. The summed E-state index contributed by atoms with van der Waals surface area (Å²) >= 11 is 0. The van der Waals surface area contributed by atoms with Crippen molar-refractivity contribution in [3.05, 3.63) is 65.7 Å². The molecule has 2 aliphatic rings. The van der Waals surface area contributed by atoms with Gasteiger partial charge in [0.15, 0.2) is 0 Å². The quantitative estimate of drug-likeness (QED) is 0.395. The number of nitrogens with one attached hydrogen (secondary N) is 1. The fourth-order valence-electron chi connectivity index (χ4n) is 3.99. The van der Waals surface area contributed by atoms with E-state index in [0.29, 0.717) is 29.7 Å². The minimum absolute atomic E-state index is 0.0274. The van der Waals surface area contributed by atoms with Crippen LogP contribution in [0, 0.1) is 5.92 Å². The number of benzene rings is 2. The highest BCUT2D eigenvalue weighted by atomic mass is 32.2. The van der Waals surface area contributed by atoms with E-state index in [-0.39, 0.29) is 48.2 Å². The summed E-state index contributed by atoms with van der Waals surface area (Å²) in [5.41, 5.74) is 3.61. The number of hydrogen-bond donors (Lipinski definition) is 1. The van der Waals surface area contributed by atoms with Gasteiger partial charge in [0.05, 0.1) is 28.3 Å². The van der Waals surface area contributed by atoms with Crippen LogP contribution in [-0.2, 0) is 14.8 Å². The Morgan fingerprint density at radius 3 is 2.09 bits per heavy atom. The van der Waals surface area contributed by atoms with Gasteiger partial charge < -0.3 is 0 Å². The summed E-state index contributed by atoms with van der Waals surface area (Å²) in [7, 11) is -3.58. The van der Waals surface area contributed by atoms with Crippen molar-refractivity contribution in [1.29, 1.82) is 0 Å². The number of rotatable bonds is 6. The van der Waals surface area contributed by atoms with Crippen molar-refractivity contribution < 1.29 is 22.8 Å². The monoisotopic (exact) mass is 468 g/mol. The topological polar surface area (TPSA) is 116 Å². The van der Waals surface area contributed by atoms with Crippen molar-refractivity contribution in [3.63, 3.8) is 0 Å². The number of hydrogen-bond acceptors (Lipinski definition) is 6. The molecule has 4 rings (SSSR count). The summed E-state index contributed by atoms with van der Waals surface area (Å²) in [5.74, 6) is -1.46. The summed E-state index contributed by atoms with van der Waals surface area (Å²) in [6.45, 7) is 2.08. The van der Waals surface area contributed by atoms with Crippen molar-refractivity contribution in [3.8, 4) is 0 Å². The number of hydrazone groups is 1. The SMILES string of the molecule is CC(CN1C(=O)c2ccccc2C1=O)=NNC(=O)C1CCN(S(=O)(=O)c2ccccc2)CC1. The second-order valence-corrected chi connectivity index (χ2v) is 9.99. The van der Waals surface area contributed by atoms with Gasteiger partial charge in [-0.15, -0.1) is 0 Å². The minimum atomic E-state index is -3.58. The van der Waals surface area contributed by atoms with E-state index >= 15 is 0 Å². The molecule has 2 heterocycles. The van der Waals surface area contributed by atoms with E-state index in [2.05, 4.69) is 10.5 Å². The van der Waals surface area contributed by atoms with Crippen molar-refractivity contribution >= 4 is 33.5 Å². The fraction of sp³-hybridized carbons (Fsp3) is 0.304. The first-order valence-electron chi connectivity index (χ1n) is 10.6. The first kappa shape index (κ1) is 22.8. The number of imide groups is 1. The first-order valence-corrected chi connectivity index (χ1v) is 12.1. The molecule has 1 fully saturated rings. The van der Waals surface area contributed by atoms with Crippen LogP contribution >= 0.6 is 0 Å². The average Bonchev–Trinajstić information content (AvgIpc) is 3.08. The van der Waals surface area contributed by atoms with Gasteiger partial charge in [-0.1, -0.05) is 30.3 Å². The first-order chi connectivity index (χ1) is 15.8. The molecule has 0 aromatic heterocycles. The van der Waals surface area contributed by atoms with Gasteiger partial charge in [0.2, 0.25) is 15.9 Å². The third-order valence-electron chi connectivity index (χ3n) is 5.83. The lowest BCUT2D eigenvalue weighted by Gasteiger charge is -2.30. The Labute approximate surface area is 192 Å². The van der Waals surface area contributed by atoms with Gasteiger partial charge in [-0.25, -0.2) is 13.8 Å². The molecule has 0 saturated carbocycles. The van der Waals surface area contributed by atoms with Gasteiger partial charge in [0.25, 0.3) is 11.8 Å². The van der Waals surface area contributed by atoms with Crippen LogP contribution in [0.15, 0.2) is 64.6 Å². The average molecular weight is 469 g/mol. The standard InChI is InChI=1S/C23H24N4O5S/c1-16(15-27-22(29)19-9-5-6-10-20(19)23(27)30)24-25-21(28)17-11-13-26(14-12-17)33(31,32)18-7-3-2-4-8-18/h2-10,17H,11-15H2,1H3,(H,25,28). The van der Waals surface area contributed by atoms with Crippen LogP contribution < -0.4 is 5.43 Å². The van der Waals surface area contributed by atoms with Gasteiger partial charge in [0, 0.05) is 19.0 Å². The lowest BCUT2D eigenvalue weighted by molar-refractivity contribution is -0.126. The zero-order valence-electron chi connectivity index (χ0n) is 18.1. The van der Waals surface area contributed by atoms with E-state index in [1.807, 2.05) is 0 Å². The molecule has 3 amide bonds. The number of fused-ring (bicyclic) bond motifs is 1. The van der Waals surface area contributed by atoms with Gasteiger partial charge >= 0.3 is 0 Å². The largest absolute Gasteiger partial charge is 0.273 e. The molecule has 0 radical (unpaired) electrons. The molecular weight excluding hydrogens is 444 g/mol. The Balaban J connectivity index is 1.31. The molecule has 9 nitrogen and oxygen atoms in total. The number of nitrogens with zero attached hydrogens (tertiary/aromatic N) is 3. The van der Waals surface area contributed by atoms with E-state index in [0.717, 1.165) is 4.90 Å². The normalized spacial score (nSPS) is 17.8. The van der Waals surface area contributed by atoms with Gasteiger partial charge in [-0.05, 0) is 44.0 Å². The van der Waals surface area contributed by atoms with Crippen LogP contribution in [0.3, 0.4) is 0 Å². The molecule has 10 heteroatoms. The van der Waals surface area contributed by atoms with Crippen LogP contribution in [0.4, 0.5) is 0 Å². The van der Waals surface area contributed by atoms with E-state index < -0.39 is 10.0 Å². The van der Waals surface area contributed by atoms with Gasteiger partial charge in [-0.3, -0.25) is 19.3 Å². The highest BCUT2D eigenvalue weighted by molar-refractivity contribution is 7.89.